The van der Waals surface area contributed by atoms with Gasteiger partial charge in [-0.15, -0.1) is 11.3 Å². The summed E-state index contributed by atoms with van der Waals surface area (Å²) in [5, 5.41) is 4.69. The minimum atomic E-state index is -3.75. The van der Waals surface area contributed by atoms with Gasteiger partial charge in [0.05, 0.1) is 15.5 Å². The Morgan fingerprint density at radius 1 is 1.19 bits per heavy atom. The van der Waals surface area contributed by atoms with E-state index in [1.807, 2.05) is 5.38 Å². The number of carbonyl (C=O) groups excluding carboxylic acids is 1. The zero-order chi connectivity index (χ0) is 22.3. The molecule has 0 aliphatic heterocycles. The molecule has 160 valence electrons. The van der Waals surface area contributed by atoms with E-state index in [0.717, 1.165) is 4.31 Å². The fraction of sp³-hybridized carbons (Fsp3) is 0.100. The summed E-state index contributed by atoms with van der Waals surface area (Å²) in [6.07, 6.45) is 1.74. The maximum atomic E-state index is 13.4. The van der Waals surface area contributed by atoms with Crippen molar-refractivity contribution in [3.63, 3.8) is 0 Å². The molecule has 4 aromatic rings. The molecule has 4 rings (SSSR count). The fourth-order valence-electron chi connectivity index (χ4n) is 2.94. The van der Waals surface area contributed by atoms with Crippen molar-refractivity contribution in [2.75, 3.05) is 19.4 Å². The second kappa shape index (κ2) is 8.04. The monoisotopic (exact) mass is 478 g/mol. The number of hydrogen-bond acceptors (Lipinski definition) is 5. The summed E-state index contributed by atoms with van der Waals surface area (Å²) in [5.41, 5.74) is 1.07. The van der Waals surface area contributed by atoms with E-state index in [1.54, 1.807) is 22.7 Å². The third-order valence-corrected chi connectivity index (χ3v) is 7.47. The van der Waals surface area contributed by atoms with Crippen LogP contribution < -0.4 is 5.32 Å². The van der Waals surface area contributed by atoms with Crippen molar-refractivity contribution in [2.45, 2.75) is 4.90 Å². The molecule has 0 saturated carbocycles. The molecule has 0 fully saturated rings. The molecule has 7 nitrogen and oxygen atoms in total. The molecule has 1 amide bonds. The summed E-state index contributed by atoms with van der Waals surface area (Å²) in [5.74, 6) is -0.622. The predicted octanol–water partition coefficient (Wildman–Crippen LogP) is 4.36. The molecule has 31 heavy (non-hydrogen) atoms. The van der Waals surface area contributed by atoms with Crippen LogP contribution in [0, 0.1) is 5.82 Å². The first-order chi connectivity index (χ1) is 14.7. The molecule has 0 spiro atoms. The predicted molar refractivity (Wildman–Crippen MR) is 119 cm³/mol. The number of nitrogens with zero attached hydrogens (tertiary/aromatic N) is 3. The van der Waals surface area contributed by atoms with Gasteiger partial charge in [-0.2, -0.15) is 0 Å². The molecule has 0 saturated heterocycles. The quantitative estimate of drug-likeness (QED) is 0.462. The molecule has 0 aliphatic carbocycles. The lowest BCUT2D eigenvalue weighted by Crippen LogP contribution is -2.23. The first-order valence-corrected chi connectivity index (χ1v) is 11.6. The van der Waals surface area contributed by atoms with Crippen LogP contribution in [0.15, 0.2) is 58.9 Å². The van der Waals surface area contributed by atoms with E-state index in [9.17, 15) is 17.6 Å². The Morgan fingerprint density at radius 3 is 2.58 bits per heavy atom. The van der Waals surface area contributed by atoms with Crippen LogP contribution in [-0.4, -0.2) is 42.1 Å². The van der Waals surface area contributed by atoms with Crippen LogP contribution in [0.2, 0.25) is 5.02 Å². The minimum Gasteiger partial charge on any atom is -0.306 e. The molecule has 0 aliphatic rings. The number of amides is 1. The van der Waals surface area contributed by atoms with Gasteiger partial charge in [0.25, 0.3) is 5.91 Å². The summed E-state index contributed by atoms with van der Waals surface area (Å²) < 4.78 is 41.0. The molecule has 2 heterocycles. The molecule has 0 bridgehead atoms. The summed E-state index contributed by atoms with van der Waals surface area (Å²) in [7, 11) is -0.947. The van der Waals surface area contributed by atoms with Crippen LogP contribution in [0.4, 0.5) is 10.2 Å². The van der Waals surface area contributed by atoms with Crippen LogP contribution in [0.5, 0.6) is 0 Å². The zero-order valence-corrected chi connectivity index (χ0v) is 18.7. The Kier molecular flexibility index (Phi) is 5.56. The first-order valence-electron chi connectivity index (χ1n) is 8.93. The van der Waals surface area contributed by atoms with Gasteiger partial charge in [0.15, 0.2) is 4.96 Å². The molecule has 0 atom stereocenters. The van der Waals surface area contributed by atoms with E-state index >= 15 is 0 Å². The topological polar surface area (TPSA) is 83.8 Å². The average Bonchev–Trinajstić information content (AvgIpc) is 3.31. The first kappa shape index (κ1) is 21.4. The SMILES string of the molecule is CN(C)S(=O)(=O)c1ccc(Cl)c(C(=O)Nc2c(-c3ccc(F)cc3)nc3sccn23)c1. The highest BCUT2D eigenvalue weighted by Gasteiger charge is 2.23. The Morgan fingerprint density at radius 2 is 1.90 bits per heavy atom. The van der Waals surface area contributed by atoms with Crippen molar-refractivity contribution in [2.24, 2.45) is 0 Å². The minimum absolute atomic E-state index is 0.000160. The van der Waals surface area contributed by atoms with Crippen molar-refractivity contribution < 1.29 is 17.6 Å². The van der Waals surface area contributed by atoms with E-state index in [1.165, 1.54) is 55.8 Å². The highest BCUT2D eigenvalue weighted by molar-refractivity contribution is 7.89. The number of nitrogens with one attached hydrogen (secondary N) is 1. The largest absolute Gasteiger partial charge is 0.306 e. The van der Waals surface area contributed by atoms with Crippen molar-refractivity contribution in [1.29, 1.82) is 0 Å². The number of carbonyl (C=O) groups is 1. The van der Waals surface area contributed by atoms with Crippen molar-refractivity contribution in [1.82, 2.24) is 13.7 Å². The third kappa shape index (κ3) is 3.94. The molecule has 11 heteroatoms. The second-order valence-electron chi connectivity index (χ2n) is 6.75. The van der Waals surface area contributed by atoms with Crippen LogP contribution in [0.25, 0.3) is 16.2 Å². The van der Waals surface area contributed by atoms with Crippen LogP contribution in [-0.2, 0) is 10.0 Å². The number of anilines is 1. The highest BCUT2D eigenvalue weighted by atomic mass is 35.5. The Bertz CT molecular complexity index is 1400. The summed E-state index contributed by atoms with van der Waals surface area (Å²) >= 11 is 7.57. The van der Waals surface area contributed by atoms with Crippen LogP contribution in [0.1, 0.15) is 10.4 Å². The summed E-state index contributed by atoms with van der Waals surface area (Å²) in [4.78, 5) is 18.2. The number of rotatable bonds is 5. The number of sulfonamides is 1. The number of hydrogen-bond donors (Lipinski definition) is 1. The van der Waals surface area contributed by atoms with Crippen molar-refractivity contribution in [3.05, 3.63) is 70.4 Å². The van der Waals surface area contributed by atoms with Gasteiger partial charge in [0.1, 0.15) is 17.3 Å². The molecule has 1 N–H and O–H groups in total. The average molecular weight is 479 g/mol. The lowest BCUT2D eigenvalue weighted by Gasteiger charge is -2.13. The molecule has 2 aromatic heterocycles. The summed E-state index contributed by atoms with van der Waals surface area (Å²) in [6.45, 7) is 0. The number of imidazole rings is 1. The Balaban J connectivity index is 1.77. The molecule has 0 unspecified atom stereocenters. The standard InChI is InChI=1S/C20H16ClFN4O3S2/c1-25(2)31(28,29)14-7-8-16(21)15(11-14)19(27)24-18-17(12-3-5-13(22)6-4-12)23-20-26(18)9-10-30-20/h3-11H,1-2H3,(H,24,27). The molecular weight excluding hydrogens is 463 g/mol. The number of halogens is 2. The Labute approximate surface area is 186 Å². The maximum Gasteiger partial charge on any atom is 0.258 e. The van der Waals surface area contributed by atoms with Gasteiger partial charge in [-0.05, 0) is 42.5 Å². The maximum absolute atomic E-state index is 13.4. The third-order valence-electron chi connectivity index (χ3n) is 4.57. The van der Waals surface area contributed by atoms with Gasteiger partial charge in [0.2, 0.25) is 10.0 Å². The normalized spacial score (nSPS) is 11.9. The van der Waals surface area contributed by atoms with Gasteiger partial charge in [-0.1, -0.05) is 11.6 Å². The highest BCUT2D eigenvalue weighted by Crippen LogP contribution is 2.32. The summed E-state index contributed by atoms with van der Waals surface area (Å²) in [6, 6.07) is 9.68. The van der Waals surface area contributed by atoms with Crippen LogP contribution in [0.3, 0.4) is 0 Å². The van der Waals surface area contributed by atoms with Crippen molar-refractivity contribution in [3.8, 4) is 11.3 Å². The lowest BCUT2D eigenvalue weighted by molar-refractivity contribution is 0.102. The zero-order valence-electron chi connectivity index (χ0n) is 16.3. The number of aromatic nitrogens is 2. The molecular formula is C20H16ClFN4O3S2. The van der Waals surface area contributed by atoms with Gasteiger partial charge >= 0.3 is 0 Å². The Hall–Kier alpha value is -2.79. The van der Waals surface area contributed by atoms with E-state index in [-0.39, 0.29) is 21.3 Å². The van der Waals surface area contributed by atoms with E-state index in [4.69, 9.17) is 11.6 Å². The second-order valence-corrected chi connectivity index (χ2v) is 10.2. The lowest BCUT2D eigenvalue weighted by atomic mass is 10.1. The number of benzene rings is 2. The smallest absolute Gasteiger partial charge is 0.258 e. The van der Waals surface area contributed by atoms with E-state index in [2.05, 4.69) is 10.3 Å². The van der Waals surface area contributed by atoms with Gasteiger partial charge < -0.3 is 5.32 Å². The molecule has 2 aromatic carbocycles. The van der Waals surface area contributed by atoms with Gasteiger partial charge in [0, 0.05) is 31.2 Å². The van der Waals surface area contributed by atoms with E-state index < -0.39 is 15.9 Å². The van der Waals surface area contributed by atoms with Crippen molar-refractivity contribution >= 4 is 49.6 Å². The van der Waals surface area contributed by atoms with E-state index in [0.29, 0.717) is 22.0 Å². The van der Waals surface area contributed by atoms with Gasteiger partial charge in [-0.3, -0.25) is 9.20 Å². The number of thiazole rings is 1. The number of fused-ring (bicyclic) bond motifs is 1. The molecule has 0 radical (unpaired) electrons. The van der Waals surface area contributed by atoms with Gasteiger partial charge in [-0.25, -0.2) is 22.1 Å². The fourth-order valence-corrected chi connectivity index (χ4v) is 4.78. The van der Waals surface area contributed by atoms with Crippen LogP contribution >= 0.6 is 22.9 Å².